The van der Waals surface area contributed by atoms with Crippen molar-refractivity contribution in [2.24, 2.45) is 0 Å². The van der Waals surface area contributed by atoms with Crippen LogP contribution in [0.4, 0.5) is 0 Å². The Hall–Kier alpha value is -0.340. The van der Waals surface area contributed by atoms with Crippen LogP contribution in [0.1, 0.15) is 40.0 Å². The van der Waals surface area contributed by atoms with Crippen LogP contribution >= 0.6 is 0 Å². The van der Waals surface area contributed by atoms with Crippen molar-refractivity contribution >= 4 is 0 Å². The van der Waals surface area contributed by atoms with Gasteiger partial charge in [-0.15, -0.1) is 0 Å². The zero-order valence-electron chi connectivity index (χ0n) is 8.09. The molecular formula is C10H18O2. The van der Waals surface area contributed by atoms with E-state index in [-0.39, 0.29) is 0 Å². The smallest absolute Gasteiger partial charge is 0.0883 e. The van der Waals surface area contributed by atoms with E-state index in [4.69, 9.17) is 0 Å². The molecule has 12 heavy (non-hydrogen) atoms. The van der Waals surface area contributed by atoms with Gasteiger partial charge >= 0.3 is 0 Å². The van der Waals surface area contributed by atoms with Crippen LogP contribution in [0.5, 0.6) is 0 Å². The van der Waals surface area contributed by atoms with Gasteiger partial charge in [-0.3, -0.25) is 0 Å². The minimum Gasteiger partial charge on any atom is -0.390 e. The molecule has 0 saturated heterocycles. The molecular weight excluding hydrogens is 152 g/mol. The molecule has 2 heteroatoms. The summed E-state index contributed by atoms with van der Waals surface area (Å²) in [6.07, 6.45) is 1.65. The number of aliphatic hydroxyl groups is 2. The highest BCUT2D eigenvalue weighted by Gasteiger charge is 2.34. The lowest BCUT2D eigenvalue weighted by Gasteiger charge is -2.35. The number of aliphatic hydroxyl groups excluding tert-OH is 1. The lowest BCUT2D eigenvalue weighted by molar-refractivity contribution is -0.0761. The second-order valence-corrected chi connectivity index (χ2v) is 4.18. The van der Waals surface area contributed by atoms with Crippen molar-refractivity contribution in [3.8, 4) is 0 Å². The van der Waals surface area contributed by atoms with E-state index in [1.807, 2.05) is 0 Å². The maximum absolute atomic E-state index is 9.67. The monoisotopic (exact) mass is 170 g/mol. The third-order valence-electron chi connectivity index (χ3n) is 2.80. The topological polar surface area (TPSA) is 40.5 Å². The molecule has 70 valence electrons. The molecule has 0 unspecified atom stereocenters. The Morgan fingerprint density at radius 1 is 1.50 bits per heavy atom. The fourth-order valence-corrected chi connectivity index (χ4v) is 1.58. The highest BCUT2D eigenvalue weighted by atomic mass is 16.3. The first kappa shape index (κ1) is 9.75. The van der Waals surface area contributed by atoms with Gasteiger partial charge in [0.1, 0.15) is 0 Å². The molecule has 0 spiro atoms. The van der Waals surface area contributed by atoms with Crippen molar-refractivity contribution in [1.82, 2.24) is 0 Å². The van der Waals surface area contributed by atoms with Crippen LogP contribution in [-0.2, 0) is 0 Å². The first-order valence-electron chi connectivity index (χ1n) is 4.49. The summed E-state index contributed by atoms with van der Waals surface area (Å²) in [5.74, 6) is 0. The summed E-state index contributed by atoms with van der Waals surface area (Å²) in [6.45, 7) is 5.82. The van der Waals surface area contributed by atoms with E-state index < -0.39 is 11.7 Å². The van der Waals surface area contributed by atoms with E-state index in [1.54, 1.807) is 6.92 Å². The number of allylic oxidation sites excluding steroid dienone is 1. The van der Waals surface area contributed by atoms with Gasteiger partial charge in [-0.1, -0.05) is 11.1 Å². The van der Waals surface area contributed by atoms with Crippen LogP contribution in [0.3, 0.4) is 0 Å². The Balaban J connectivity index is 2.71. The Bertz CT molecular complexity index is 200. The molecule has 1 aliphatic rings. The molecule has 1 saturated carbocycles. The summed E-state index contributed by atoms with van der Waals surface area (Å²) < 4.78 is 0. The average Bonchev–Trinajstić information content (AvgIpc) is 1.94. The maximum atomic E-state index is 9.67. The zero-order chi connectivity index (χ0) is 9.35. The Morgan fingerprint density at radius 2 is 2.08 bits per heavy atom. The van der Waals surface area contributed by atoms with Crippen molar-refractivity contribution in [3.63, 3.8) is 0 Å². The van der Waals surface area contributed by atoms with Gasteiger partial charge in [0, 0.05) is 0 Å². The summed E-state index contributed by atoms with van der Waals surface area (Å²) in [5, 5.41) is 19.2. The normalized spacial score (nSPS) is 36.8. The van der Waals surface area contributed by atoms with Crippen LogP contribution in [0.2, 0.25) is 0 Å². The van der Waals surface area contributed by atoms with Crippen LogP contribution in [0.25, 0.3) is 0 Å². The largest absolute Gasteiger partial charge is 0.390 e. The van der Waals surface area contributed by atoms with Gasteiger partial charge in [0.25, 0.3) is 0 Å². The molecule has 0 aromatic heterocycles. The van der Waals surface area contributed by atoms with Crippen molar-refractivity contribution in [1.29, 1.82) is 0 Å². The standard InChI is InChI=1S/C10H18O2/c1-7(2)8-4-5-10(3,12)9(11)6-8/h9,11-12H,4-6H2,1-3H3/t9-,10+/m1/s1. The van der Waals surface area contributed by atoms with Crippen LogP contribution in [0, 0.1) is 0 Å². The van der Waals surface area contributed by atoms with Crippen molar-refractivity contribution in [2.45, 2.75) is 51.7 Å². The molecule has 2 atom stereocenters. The highest BCUT2D eigenvalue weighted by molar-refractivity contribution is 5.16. The van der Waals surface area contributed by atoms with Gasteiger partial charge in [-0.25, -0.2) is 0 Å². The molecule has 0 radical (unpaired) electrons. The lowest BCUT2D eigenvalue weighted by atomic mass is 9.80. The van der Waals surface area contributed by atoms with Gasteiger partial charge in [-0.05, 0) is 40.0 Å². The van der Waals surface area contributed by atoms with Gasteiger partial charge in [0.15, 0.2) is 0 Å². The molecule has 1 aliphatic carbocycles. The molecule has 2 nitrogen and oxygen atoms in total. The van der Waals surface area contributed by atoms with Gasteiger partial charge in [0.2, 0.25) is 0 Å². The van der Waals surface area contributed by atoms with E-state index in [2.05, 4.69) is 13.8 Å². The first-order chi connectivity index (χ1) is 5.43. The second-order valence-electron chi connectivity index (χ2n) is 4.18. The number of hydrogen-bond donors (Lipinski definition) is 2. The third kappa shape index (κ3) is 1.87. The van der Waals surface area contributed by atoms with Gasteiger partial charge in [-0.2, -0.15) is 0 Å². The third-order valence-corrected chi connectivity index (χ3v) is 2.80. The molecule has 0 aliphatic heterocycles. The molecule has 1 fully saturated rings. The summed E-state index contributed by atoms with van der Waals surface area (Å²) >= 11 is 0. The molecule has 0 amide bonds. The predicted molar refractivity (Wildman–Crippen MR) is 48.9 cm³/mol. The summed E-state index contributed by atoms with van der Waals surface area (Å²) in [6, 6.07) is 0. The Morgan fingerprint density at radius 3 is 2.50 bits per heavy atom. The first-order valence-corrected chi connectivity index (χ1v) is 4.49. The zero-order valence-corrected chi connectivity index (χ0v) is 8.09. The molecule has 2 N–H and O–H groups in total. The van der Waals surface area contributed by atoms with E-state index in [0.29, 0.717) is 12.8 Å². The second kappa shape index (κ2) is 3.19. The van der Waals surface area contributed by atoms with Gasteiger partial charge in [0.05, 0.1) is 11.7 Å². The summed E-state index contributed by atoms with van der Waals surface area (Å²) in [4.78, 5) is 0. The SMILES string of the molecule is CC(C)=C1CC[C@](C)(O)[C@H](O)C1. The van der Waals surface area contributed by atoms with Gasteiger partial charge < -0.3 is 10.2 Å². The van der Waals surface area contributed by atoms with Crippen LogP contribution in [0.15, 0.2) is 11.1 Å². The Labute approximate surface area is 73.9 Å². The van der Waals surface area contributed by atoms with Crippen molar-refractivity contribution < 1.29 is 10.2 Å². The average molecular weight is 170 g/mol. The van der Waals surface area contributed by atoms with Crippen LogP contribution < -0.4 is 0 Å². The number of hydrogen-bond acceptors (Lipinski definition) is 2. The van der Waals surface area contributed by atoms with E-state index in [1.165, 1.54) is 11.1 Å². The lowest BCUT2D eigenvalue weighted by Crippen LogP contribution is -2.42. The molecule has 1 rings (SSSR count). The fourth-order valence-electron chi connectivity index (χ4n) is 1.58. The number of rotatable bonds is 0. The molecule has 0 aromatic carbocycles. The van der Waals surface area contributed by atoms with Crippen molar-refractivity contribution in [2.75, 3.05) is 0 Å². The van der Waals surface area contributed by atoms with E-state index in [9.17, 15) is 10.2 Å². The van der Waals surface area contributed by atoms with Crippen molar-refractivity contribution in [3.05, 3.63) is 11.1 Å². The molecule has 0 heterocycles. The van der Waals surface area contributed by atoms with E-state index >= 15 is 0 Å². The fraction of sp³-hybridized carbons (Fsp3) is 0.800. The quantitative estimate of drug-likeness (QED) is 0.542. The molecule has 0 aromatic rings. The highest BCUT2D eigenvalue weighted by Crippen LogP contribution is 2.32. The summed E-state index contributed by atoms with van der Waals surface area (Å²) in [7, 11) is 0. The Kier molecular flexibility index (Phi) is 2.59. The van der Waals surface area contributed by atoms with Crippen LogP contribution in [-0.4, -0.2) is 21.9 Å². The maximum Gasteiger partial charge on any atom is 0.0883 e. The van der Waals surface area contributed by atoms with E-state index in [0.717, 1.165) is 6.42 Å². The summed E-state index contributed by atoms with van der Waals surface area (Å²) in [5.41, 5.74) is 1.71. The molecule has 0 bridgehead atoms. The minimum absolute atomic E-state index is 0.587. The minimum atomic E-state index is -0.876. The predicted octanol–water partition coefficient (Wildman–Crippen LogP) is 1.62.